The molecule has 10 heteroatoms. The van der Waals surface area contributed by atoms with E-state index in [0.717, 1.165) is 50.5 Å². The fourth-order valence-electron chi connectivity index (χ4n) is 5.49. The number of hydrogen-bond donors (Lipinski definition) is 2. The van der Waals surface area contributed by atoms with Gasteiger partial charge in [-0.1, -0.05) is 42.7 Å². The van der Waals surface area contributed by atoms with Crippen molar-refractivity contribution in [3.8, 4) is 11.5 Å². The number of benzene rings is 2. The molecule has 0 bridgehead atoms. The highest BCUT2D eigenvalue weighted by Gasteiger charge is 2.36. The molecule has 1 saturated carbocycles. The summed E-state index contributed by atoms with van der Waals surface area (Å²) in [6, 6.07) is 11.4. The molecule has 2 aromatic carbocycles. The molecule has 0 spiro atoms. The maximum absolute atomic E-state index is 14.0. The van der Waals surface area contributed by atoms with Crippen molar-refractivity contribution in [1.82, 2.24) is 25.2 Å². The maximum atomic E-state index is 14.0. The third-order valence-electron chi connectivity index (χ3n) is 7.48. The zero-order valence-electron chi connectivity index (χ0n) is 21.7. The molecule has 1 aromatic heterocycles. The van der Waals surface area contributed by atoms with Crippen LogP contribution in [0.25, 0.3) is 11.0 Å². The average Bonchev–Trinajstić information content (AvgIpc) is 3.59. The molecule has 1 aliphatic carbocycles. The summed E-state index contributed by atoms with van der Waals surface area (Å²) in [5.41, 5.74) is 1.94. The van der Waals surface area contributed by atoms with Crippen molar-refractivity contribution >= 4 is 22.8 Å². The summed E-state index contributed by atoms with van der Waals surface area (Å²) in [6.45, 7) is 0.798. The standard InChI is InChI=1S/C28H35N5O5/c1-37-25-14-13-19(16-24(25)34)27(28(36)29-20-8-3-2-4-9-20)32(17-21-10-7-15-38-21)26(35)18-33-23-12-6-5-11-22(23)30-31-33/h5-6,11-14,16,20-21,27,34H,2-4,7-10,15,17-18H2,1H3,(H,29,36)/t21-,27+/m0/s1. The molecule has 5 rings (SSSR count). The number of carbonyl (C=O) groups is 2. The van der Waals surface area contributed by atoms with Crippen LogP contribution in [0.3, 0.4) is 0 Å². The lowest BCUT2D eigenvalue weighted by Crippen LogP contribution is -2.49. The van der Waals surface area contributed by atoms with Crippen molar-refractivity contribution in [2.24, 2.45) is 0 Å². The van der Waals surface area contributed by atoms with Gasteiger partial charge in [-0.15, -0.1) is 5.10 Å². The van der Waals surface area contributed by atoms with E-state index in [9.17, 15) is 14.7 Å². The second kappa shape index (κ2) is 11.8. The molecule has 2 atom stereocenters. The number of rotatable bonds is 9. The van der Waals surface area contributed by atoms with E-state index in [0.29, 0.717) is 23.4 Å². The summed E-state index contributed by atoms with van der Waals surface area (Å²) in [5, 5.41) is 22.1. The van der Waals surface area contributed by atoms with Crippen LogP contribution in [-0.2, 0) is 20.9 Å². The van der Waals surface area contributed by atoms with Gasteiger partial charge in [-0.25, -0.2) is 4.68 Å². The van der Waals surface area contributed by atoms with Crippen LogP contribution in [0.4, 0.5) is 0 Å². The van der Waals surface area contributed by atoms with Crippen LogP contribution in [0, 0.1) is 0 Å². The van der Waals surface area contributed by atoms with Gasteiger partial charge < -0.3 is 24.8 Å². The third kappa shape index (κ3) is 5.75. The molecule has 202 valence electrons. The summed E-state index contributed by atoms with van der Waals surface area (Å²) in [5.74, 6) is -0.343. The molecule has 0 unspecified atom stereocenters. The van der Waals surface area contributed by atoms with Crippen molar-refractivity contribution in [2.45, 2.75) is 69.7 Å². The Morgan fingerprint density at radius 1 is 1.16 bits per heavy atom. The minimum Gasteiger partial charge on any atom is -0.504 e. The van der Waals surface area contributed by atoms with Crippen LogP contribution >= 0.6 is 0 Å². The van der Waals surface area contributed by atoms with Gasteiger partial charge in [0.15, 0.2) is 11.5 Å². The number of fused-ring (bicyclic) bond motifs is 1. The number of para-hydroxylation sites is 1. The highest BCUT2D eigenvalue weighted by molar-refractivity contribution is 5.89. The molecule has 3 aromatic rings. The van der Waals surface area contributed by atoms with Gasteiger partial charge in [0.2, 0.25) is 11.8 Å². The fourth-order valence-corrected chi connectivity index (χ4v) is 5.49. The molecular formula is C28H35N5O5. The molecule has 10 nitrogen and oxygen atoms in total. The molecule has 2 heterocycles. The van der Waals surface area contributed by atoms with Crippen molar-refractivity contribution in [1.29, 1.82) is 0 Å². The fraction of sp³-hybridized carbons (Fsp3) is 0.500. The summed E-state index contributed by atoms with van der Waals surface area (Å²) in [7, 11) is 1.47. The minimum absolute atomic E-state index is 0.0598. The number of phenols is 1. The zero-order valence-corrected chi connectivity index (χ0v) is 21.7. The van der Waals surface area contributed by atoms with Crippen LogP contribution in [-0.4, -0.2) is 69.2 Å². The number of aromatic nitrogens is 3. The van der Waals surface area contributed by atoms with E-state index in [1.54, 1.807) is 21.7 Å². The number of nitrogens with zero attached hydrogens (tertiary/aromatic N) is 4. The topological polar surface area (TPSA) is 119 Å². The quantitative estimate of drug-likeness (QED) is 0.443. The van der Waals surface area contributed by atoms with E-state index >= 15 is 0 Å². The third-order valence-corrected chi connectivity index (χ3v) is 7.48. The van der Waals surface area contributed by atoms with Gasteiger partial charge in [0.05, 0.1) is 18.7 Å². The van der Waals surface area contributed by atoms with E-state index < -0.39 is 6.04 Å². The lowest BCUT2D eigenvalue weighted by Gasteiger charge is -2.34. The Balaban J connectivity index is 1.50. The van der Waals surface area contributed by atoms with E-state index in [1.165, 1.54) is 13.2 Å². The average molecular weight is 522 g/mol. The SMILES string of the molecule is COc1ccc([C@H](C(=O)NC2CCCCC2)N(C[C@@H]2CCCO2)C(=O)Cn2nnc3ccccc32)cc1O. The van der Waals surface area contributed by atoms with E-state index in [1.807, 2.05) is 24.3 Å². The smallest absolute Gasteiger partial charge is 0.247 e. The van der Waals surface area contributed by atoms with Crippen LogP contribution in [0.1, 0.15) is 56.6 Å². The summed E-state index contributed by atoms with van der Waals surface area (Å²) in [4.78, 5) is 29.5. The Labute approximate surface area is 221 Å². The predicted octanol–water partition coefficient (Wildman–Crippen LogP) is 3.34. The number of aromatic hydroxyl groups is 1. The molecule has 2 amide bonds. The molecule has 1 aliphatic heterocycles. The van der Waals surface area contributed by atoms with Gasteiger partial charge in [-0.05, 0) is 55.5 Å². The highest BCUT2D eigenvalue weighted by Crippen LogP contribution is 2.33. The van der Waals surface area contributed by atoms with Gasteiger partial charge in [0.1, 0.15) is 18.1 Å². The van der Waals surface area contributed by atoms with Gasteiger partial charge in [0, 0.05) is 19.2 Å². The summed E-state index contributed by atoms with van der Waals surface area (Å²) in [6.07, 6.45) is 6.66. The summed E-state index contributed by atoms with van der Waals surface area (Å²) < 4.78 is 12.7. The Morgan fingerprint density at radius 2 is 1.97 bits per heavy atom. The normalized spacial score (nSPS) is 18.8. The Hall–Kier alpha value is -3.66. The van der Waals surface area contributed by atoms with Gasteiger partial charge in [0.25, 0.3) is 0 Å². The molecule has 2 N–H and O–H groups in total. The Kier molecular flexibility index (Phi) is 8.07. The van der Waals surface area contributed by atoms with E-state index in [2.05, 4.69) is 15.6 Å². The number of carbonyl (C=O) groups excluding carboxylic acids is 2. The predicted molar refractivity (Wildman–Crippen MR) is 141 cm³/mol. The number of methoxy groups -OCH3 is 1. The number of amides is 2. The summed E-state index contributed by atoms with van der Waals surface area (Å²) >= 11 is 0. The number of ether oxygens (including phenoxy) is 2. The molecular weight excluding hydrogens is 486 g/mol. The van der Waals surface area contributed by atoms with Crippen LogP contribution in [0.2, 0.25) is 0 Å². The van der Waals surface area contributed by atoms with Crippen molar-refractivity contribution in [2.75, 3.05) is 20.3 Å². The van der Waals surface area contributed by atoms with Crippen molar-refractivity contribution in [3.63, 3.8) is 0 Å². The molecule has 2 fully saturated rings. The van der Waals surface area contributed by atoms with Crippen LogP contribution < -0.4 is 10.1 Å². The Morgan fingerprint density at radius 3 is 2.71 bits per heavy atom. The van der Waals surface area contributed by atoms with Crippen molar-refractivity contribution < 1.29 is 24.2 Å². The second-order valence-electron chi connectivity index (χ2n) is 10.1. The first kappa shape index (κ1) is 26.0. The number of hydrogen-bond acceptors (Lipinski definition) is 7. The first-order valence-corrected chi connectivity index (χ1v) is 13.4. The van der Waals surface area contributed by atoms with Crippen LogP contribution in [0.15, 0.2) is 42.5 Å². The number of phenolic OH excluding ortho intramolecular Hbond substituents is 1. The molecule has 1 saturated heterocycles. The van der Waals surface area contributed by atoms with E-state index in [4.69, 9.17) is 9.47 Å². The molecule has 38 heavy (non-hydrogen) atoms. The zero-order chi connectivity index (χ0) is 26.5. The molecule has 0 radical (unpaired) electrons. The lowest BCUT2D eigenvalue weighted by molar-refractivity contribution is -0.143. The monoisotopic (exact) mass is 521 g/mol. The highest BCUT2D eigenvalue weighted by atomic mass is 16.5. The van der Waals surface area contributed by atoms with Crippen molar-refractivity contribution in [3.05, 3.63) is 48.0 Å². The lowest BCUT2D eigenvalue weighted by atomic mass is 9.94. The van der Waals surface area contributed by atoms with Crippen LogP contribution in [0.5, 0.6) is 11.5 Å². The first-order chi connectivity index (χ1) is 18.5. The Bertz CT molecular complexity index is 1270. The minimum atomic E-state index is -0.958. The molecule has 2 aliphatic rings. The van der Waals surface area contributed by atoms with Gasteiger partial charge in [-0.2, -0.15) is 0 Å². The second-order valence-corrected chi connectivity index (χ2v) is 10.1. The van der Waals surface area contributed by atoms with E-state index in [-0.39, 0.29) is 42.8 Å². The first-order valence-electron chi connectivity index (χ1n) is 13.4. The van der Waals surface area contributed by atoms with Gasteiger partial charge >= 0.3 is 0 Å². The number of nitrogens with one attached hydrogen (secondary N) is 1. The van der Waals surface area contributed by atoms with Gasteiger partial charge in [-0.3, -0.25) is 9.59 Å². The maximum Gasteiger partial charge on any atom is 0.247 e. The largest absolute Gasteiger partial charge is 0.504 e.